The van der Waals surface area contributed by atoms with Crippen LogP contribution in [-0.2, 0) is 6.54 Å². The molecule has 0 bridgehead atoms. The maximum atomic E-state index is 6.18. The van der Waals surface area contributed by atoms with E-state index in [0.717, 1.165) is 31.7 Å². The van der Waals surface area contributed by atoms with Crippen LogP contribution in [0.1, 0.15) is 56.7 Å². The lowest BCUT2D eigenvalue weighted by atomic mass is 10.0. The van der Waals surface area contributed by atoms with Gasteiger partial charge < -0.3 is 10.1 Å². The minimum absolute atomic E-state index is 0.345. The third-order valence-electron chi connectivity index (χ3n) is 5.14. The first kappa shape index (κ1) is 19.4. The van der Waals surface area contributed by atoms with E-state index in [1.54, 1.807) is 0 Å². The van der Waals surface area contributed by atoms with Crippen LogP contribution in [0, 0.1) is 0 Å². The molecule has 2 nitrogen and oxygen atoms in total. The molecule has 3 rings (SSSR count). The van der Waals surface area contributed by atoms with Crippen molar-refractivity contribution in [3.63, 3.8) is 0 Å². The zero-order valence-electron chi connectivity index (χ0n) is 16.6. The summed E-state index contributed by atoms with van der Waals surface area (Å²) in [6.45, 7) is 6.04. The van der Waals surface area contributed by atoms with Gasteiger partial charge >= 0.3 is 0 Å². The quantitative estimate of drug-likeness (QED) is 0.408. The first-order chi connectivity index (χ1) is 13.3. The van der Waals surface area contributed by atoms with Gasteiger partial charge in [-0.05, 0) is 35.2 Å². The van der Waals surface area contributed by atoms with E-state index >= 15 is 0 Å². The summed E-state index contributed by atoms with van der Waals surface area (Å²) in [6.07, 6.45) is 4.59. The van der Waals surface area contributed by atoms with E-state index in [-0.39, 0.29) is 0 Å². The molecule has 0 radical (unpaired) electrons. The highest BCUT2D eigenvalue weighted by atomic mass is 16.5. The van der Waals surface area contributed by atoms with Crippen molar-refractivity contribution in [1.29, 1.82) is 0 Å². The van der Waals surface area contributed by atoms with Crippen molar-refractivity contribution in [2.24, 2.45) is 0 Å². The highest BCUT2D eigenvalue weighted by molar-refractivity contribution is 5.87. The SMILES string of the molecule is CCCCCOc1ccc2ccccc2c1CNC(CC)c1ccccc1. The Bertz CT molecular complexity index is 828. The average Bonchev–Trinajstić information content (AvgIpc) is 2.73. The Morgan fingerprint density at radius 3 is 2.41 bits per heavy atom. The fourth-order valence-electron chi connectivity index (χ4n) is 3.58. The Morgan fingerprint density at radius 1 is 0.852 bits per heavy atom. The van der Waals surface area contributed by atoms with Crippen LogP contribution in [0.2, 0.25) is 0 Å². The van der Waals surface area contributed by atoms with Gasteiger partial charge in [-0.25, -0.2) is 0 Å². The first-order valence-corrected chi connectivity index (χ1v) is 10.2. The van der Waals surface area contributed by atoms with Gasteiger partial charge in [0.15, 0.2) is 0 Å². The third kappa shape index (κ3) is 5.11. The van der Waals surface area contributed by atoms with E-state index in [0.29, 0.717) is 6.04 Å². The first-order valence-electron chi connectivity index (χ1n) is 10.2. The average molecular weight is 362 g/mol. The number of hydrogen-bond acceptors (Lipinski definition) is 2. The predicted octanol–water partition coefficient (Wildman–Crippen LogP) is 6.65. The van der Waals surface area contributed by atoms with Gasteiger partial charge in [0.2, 0.25) is 0 Å². The molecule has 0 aliphatic carbocycles. The molecule has 0 spiro atoms. The van der Waals surface area contributed by atoms with Crippen molar-refractivity contribution < 1.29 is 4.74 Å². The van der Waals surface area contributed by atoms with Crippen LogP contribution >= 0.6 is 0 Å². The van der Waals surface area contributed by atoms with Crippen molar-refractivity contribution in [2.75, 3.05) is 6.61 Å². The molecule has 142 valence electrons. The molecule has 0 saturated heterocycles. The van der Waals surface area contributed by atoms with Gasteiger partial charge in [0.1, 0.15) is 5.75 Å². The fraction of sp³-hybridized carbons (Fsp3) is 0.360. The molecule has 1 unspecified atom stereocenters. The fourth-order valence-corrected chi connectivity index (χ4v) is 3.58. The van der Waals surface area contributed by atoms with Crippen molar-refractivity contribution in [1.82, 2.24) is 5.32 Å². The van der Waals surface area contributed by atoms with Crippen LogP contribution < -0.4 is 10.1 Å². The van der Waals surface area contributed by atoms with Crippen LogP contribution in [0.4, 0.5) is 0 Å². The largest absolute Gasteiger partial charge is 0.493 e. The second-order valence-electron chi connectivity index (χ2n) is 7.07. The number of unbranched alkanes of at least 4 members (excludes halogenated alkanes) is 2. The molecule has 0 saturated carbocycles. The van der Waals surface area contributed by atoms with E-state index in [4.69, 9.17) is 4.74 Å². The lowest BCUT2D eigenvalue weighted by molar-refractivity contribution is 0.302. The van der Waals surface area contributed by atoms with Gasteiger partial charge in [0, 0.05) is 18.2 Å². The minimum atomic E-state index is 0.345. The monoisotopic (exact) mass is 361 g/mol. The molecule has 0 amide bonds. The van der Waals surface area contributed by atoms with Gasteiger partial charge in [-0.15, -0.1) is 0 Å². The van der Waals surface area contributed by atoms with E-state index < -0.39 is 0 Å². The molecular formula is C25H31NO. The highest BCUT2D eigenvalue weighted by Crippen LogP contribution is 2.29. The Morgan fingerprint density at radius 2 is 1.63 bits per heavy atom. The van der Waals surface area contributed by atoms with Crippen LogP contribution in [0.3, 0.4) is 0 Å². The Labute approximate surface area is 163 Å². The lowest BCUT2D eigenvalue weighted by Gasteiger charge is -2.20. The van der Waals surface area contributed by atoms with E-state index in [1.807, 2.05) is 0 Å². The maximum absolute atomic E-state index is 6.18. The second kappa shape index (κ2) is 10.1. The second-order valence-corrected chi connectivity index (χ2v) is 7.07. The van der Waals surface area contributed by atoms with Gasteiger partial charge in [-0.1, -0.05) is 87.4 Å². The molecule has 0 aliphatic rings. The van der Waals surface area contributed by atoms with Crippen molar-refractivity contribution in [2.45, 2.75) is 52.1 Å². The Kier molecular flexibility index (Phi) is 7.29. The molecule has 0 fully saturated rings. The molecule has 1 N–H and O–H groups in total. The zero-order valence-corrected chi connectivity index (χ0v) is 16.6. The third-order valence-corrected chi connectivity index (χ3v) is 5.14. The van der Waals surface area contributed by atoms with E-state index in [9.17, 15) is 0 Å². The van der Waals surface area contributed by atoms with Crippen LogP contribution in [0.25, 0.3) is 10.8 Å². The molecular weight excluding hydrogens is 330 g/mol. The summed E-state index contributed by atoms with van der Waals surface area (Å²) in [5.74, 6) is 1.01. The number of hydrogen-bond donors (Lipinski definition) is 1. The number of benzene rings is 3. The van der Waals surface area contributed by atoms with Crippen LogP contribution in [-0.4, -0.2) is 6.61 Å². The van der Waals surface area contributed by atoms with Gasteiger partial charge in [0.25, 0.3) is 0 Å². The summed E-state index contributed by atoms with van der Waals surface area (Å²) in [6, 6.07) is 23.9. The molecule has 2 heteroatoms. The van der Waals surface area contributed by atoms with Crippen LogP contribution in [0.5, 0.6) is 5.75 Å². The van der Waals surface area contributed by atoms with Gasteiger partial charge in [-0.3, -0.25) is 0 Å². The number of fused-ring (bicyclic) bond motifs is 1. The van der Waals surface area contributed by atoms with Crippen LogP contribution in [0.15, 0.2) is 66.7 Å². The van der Waals surface area contributed by atoms with E-state index in [1.165, 1.54) is 34.7 Å². The smallest absolute Gasteiger partial charge is 0.124 e. The minimum Gasteiger partial charge on any atom is -0.493 e. The summed E-state index contributed by atoms with van der Waals surface area (Å²) < 4.78 is 6.18. The molecule has 27 heavy (non-hydrogen) atoms. The lowest BCUT2D eigenvalue weighted by Crippen LogP contribution is -2.21. The zero-order chi connectivity index (χ0) is 18.9. The Balaban J connectivity index is 1.81. The number of nitrogens with one attached hydrogen (secondary N) is 1. The van der Waals surface area contributed by atoms with Gasteiger partial charge in [-0.2, -0.15) is 0 Å². The maximum Gasteiger partial charge on any atom is 0.124 e. The summed E-state index contributed by atoms with van der Waals surface area (Å²) in [5.41, 5.74) is 2.60. The molecule has 0 aromatic heterocycles. The summed E-state index contributed by atoms with van der Waals surface area (Å²) >= 11 is 0. The standard InChI is InChI=1S/C25H31NO/c1-3-5-11-18-27-25-17-16-20-12-9-10-15-22(20)23(25)19-26-24(4-2)21-13-7-6-8-14-21/h6-10,12-17,24,26H,3-5,11,18-19H2,1-2H3. The van der Waals surface area contributed by atoms with Crippen molar-refractivity contribution in [3.05, 3.63) is 77.9 Å². The predicted molar refractivity (Wildman–Crippen MR) is 115 cm³/mol. The van der Waals surface area contributed by atoms with Gasteiger partial charge in [0.05, 0.1) is 6.61 Å². The number of ether oxygens (including phenoxy) is 1. The Hall–Kier alpha value is -2.32. The highest BCUT2D eigenvalue weighted by Gasteiger charge is 2.13. The molecule has 0 aliphatic heterocycles. The van der Waals surface area contributed by atoms with Crippen molar-refractivity contribution in [3.8, 4) is 5.75 Å². The summed E-state index contributed by atoms with van der Waals surface area (Å²) in [7, 11) is 0. The molecule has 3 aromatic rings. The summed E-state index contributed by atoms with van der Waals surface area (Å²) in [4.78, 5) is 0. The topological polar surface area (TPSA) is 21.3 Å². The number of rotatable bonds is 10. The molecule has 3 aromatic carbocycles. The normalized spacial score (nSPS) is 12.2. The molecule has 1 atom stereocenters. The van der Waals surface area contributed by atoms with Crippen molar-refractivity contribution >= 4 is 10.8 Å². The van der Waals surface area contributed by atoms with E-state index in [2.05, 4.69) is 85.9 Å². The molecule has 0 heterocycles. The summed E-state index contributed by atoms with van der Waals surface area (Å²) in [5, 5.41) is 6.30.